The van der Waals surface area contributed by atoms with Crippen molar-refractivity contribution in [3.63, 3.8) is 0 Å². The van der Waals surface area contributed by atoms with Crippen LogP contribution in [0.25, 0.3) is 0 Å². The number of amides is 1. The van der Waals surface area contributed by atoms with Crippen LogP contribution in [0.5, 0.6) is 0 Å². The molecule has 4 bridgehead atoms. The van der Waals surface area contributed by atoms with Gasteiger partial charge in [0.25, 0.3) is 5.91 Å². The van der Waals surface area contributed by atoms with E-state index in [1.54, 1.807) is 6.92 Å². The van der Waals surface area contributed by atoms with Gasteiger partial charge in [-0.1, -0.05) is 0 Å². The predicted molar refractivity (Wildman–Crippen MR) is 72.9 cm³/mol. The van der Waals surface area contributed by atoms with E-state index in [1.165, 1.54) is 0 Å². The highest BCUT2D eigenvalue weighted by molar-refractivity contribution is 5.84. The highest BCUT2D eigenvalue weighted by Crippen LogP contribution is 2.62. The summed E-state index contributed by atoms with van der Waals surface area (Å²) in [5.41, 5.74) is -0.777. The first-order chi connectivity index (χ1) is 10.3. The Kier molecular flexibility index (Phi) is 3.10. The maximum Gasteiger partial charge on any atom is 0.409 e. The minimum atomic E-state index is -4.39. The Labute approximate surface area is 128 Å². The van der Waals surface area contributed by atoms with Gasteiger partial charge in [0, 0.05) is 5.41 Å². The summed E-state index contributed by atoms with van der Waals surface area (Å²) in [6, 6.07) is -1.71. The second-order valence-corrected chi connectivity index (χ2v) is 8.02. The average Bonchev–Trinajstić information content (AvgIpc) is 3.09. The molecule has 1 N–H and O–H groups in total. The second kappa shape index (κ2) is 4.62. The summed E-state index contributed by atoms with van der Waals surface area (Å²) in [6.07, 6.45) is -0.246. The van der Waals surface area contributed by atoms with E-state index >= 15 is 0 Å². The van der Waals surface area contributed by atoms with E-state index in [1.807, 2.05) is 0 Å². The molecule has 22 heavy (non-hydrogen) atoms. The monoisotopic (exact) mass is 317 g/mol. The molecule has 6 heteroatoms. The highest BCUT2D eigenvalue weighted by atomic mass is 19.4. The molecule has 5 rings (SSSR count). The van der Waals surface area contributed by atoms with Crippen molar-refractivity contribution in [1.29, 1.82) is 0 Å². The van der Waals surface area contributed by atoms with Gasteiger partial charge in [0.15, 0.2) is 6.10 Å². The van der Waals surface area contributed by atoms with E-state index in [4.69, 9.17) is 4.74 Å². The van der Waals surface area contributed by atoms with E-state index < -0.39 is 29.6 Å². The van der Waals surface area contributed by atoms with Gasteiger partial charge in [0.1, 0.15) is 6.04 Å². The Balaban J connectivity index is 1.59. The summed E-state index contributed by atoms with van der Waals surface area (Å²) in [5.74, 6) is 0.669. The first-order valence-corrected chi connectivity index (χ1v) is 8.29. The van der Waals surface area contributed by atoms with Crippen LogP contribution in [0.3, 0.4) is 0 Å². The van der Waals surface area contributed by atoms with Crippen LogP contribution >= 0.6 is 0 Å². The molecule has 3 nitrogen and oxygen atoms in total. The summed E-state index contributed by atoms with van der Waals surface area (Å²) in [6.45, 7) is 1.71. The molecule has 1 saturated heterocycles. The van der Waals surface area contributed by atoms with E-state index in [-0.39, 0.29) is 6.10 Å². The standard InChI is InChI=1S/C16H22F3NO2/c1-8-12(22-8)13(21)20-14(16(17,18)19)15-5-9-2-10(6-15)4-11(3-9)7-15/h8-12,14H,2-7H2,1H3,(H,20,21)/t8-,9?,10?,11?,12+,14?,15?/m0/s1. The van der Waals surface area contributed by atoms with E-state index in [0.29, 0.717) is 37.0 Å². The first kappa shape index (κ1) is 14.8. The topological polar surface area (TPSA) is 41.6 Å². The lowest BCUT2D eigenvalue weighted by atomic mass is 9.47. The minimum Gasteiger partial charge on any atom is -0.359 e. The van der Waals surface area contributed by atoms with Crippen molar-refractivity contribution < 1.29 is 22.7 Å². The van der Waals surface area contributed by atoms with Gasteiger partial charge in [0.2, 0.25) is 0 Å². The maximum absolute atomic E-state index is 13.7. The molecule has 1 amide bonds. The number of halogens is 3. The molecule has 3 atom stereocenters. The number of rotatable bonds is 3. The van der Waals surface area contributed by atoms with Crippen molar-refractivity contribution in [2.45, 2.75) is 69.9 Å². The predicted octanol–water partition coefficient (Wildman–Crippen LogP) is 3.04. The van der Waals surface area contributed by atoms with Crippen molar-refractivity contribution >= 4 is 5.91 Å². The van der Waals surface area contributed by atoms with Crippen LogP contribution in [0.15, 0.2) is 0 Å². The zero-order valence-corrected chi connectivity index (χ0v) is 12.7. The summed E-state index contributed by atoms with van der Waals surface area (Å²) < 4.78 is 46.2. The third kappa shape index (κ3) is 2.34. The highest BCUT2D eigenvalue weighted by Gasteiger charge is 2.62. The average molecular weight is 317 g/mol. The Hall–Kier alpha value is -0.780. The number of hydrogen-bond donors (Lipinski definition) is 1. The van der Waals surface area contributed by atoms with Crippen LogP contribution in [0, 0.1) is 23.2 Å². The van der Waals surface area contributed by atoms with Crippen LogP contribution in [-0.2, 0) is 9.53 Å². The molecule has 4 aliphatic carbocycles. The number of hydrogen-bond acceptors (Lipinski definition) is 2. The van der Waals surface area contributed by atoms with Gasteiger partial charge in [-0.15, -0.1) is 0 Å². The fourth-order valence-electron chi connectivity index (χ4n) is 5.80. The van der Waals surface area contributed by atoms with E-state index in [2.05, 4.69) is 5.32 Å². The minimum absolute atomic E-state index is 0.259. The van der Waals surface area contributed by atoms with Crippen LogP contribution in [0.2, 0.25) is 0 Å². The third-order valence-corrected chi connectivity index (χ3v) is 6.28. The van der Waals surface area contributed by atoms with Crippen LogP contribution in [0.1, 0.15) is 45.4 Å². The molecule has 0 aromatic carbocycles. The zero-order valence-electron chi connectivity index (χ0n) is 12.7. The molecule has 0 spiro atoms. The van der Waals surface area contributed by atoms with Gasteiger partial charge in [0.05, 0.1) is 6.10 Å². The SMILES string of the molecule is C[C@@H]1O[C@H]1C(=O)NC(C(F)(F)F)C12CC3CC(CC(C3)C1)C2. The number of ether oxygens (including phenoxy) is 1. The molecule has 0 aromatic rings. The quantitative estimate of drug-likeness (QED) is 0.813. The Bertz CT molecular complexity index is 455. The maximum atomic E-state index is 13.7. The number of nitrogens with one attached hydrogen (secondary N) is 1. The van der Waals surface area contributed by atoms with Crippen molar-refractivity contribution in [2.75, 3.05) is 0 Å². The number of alkyl halides is 3. The van der Waals surface area contributed by atoms with E-state index in [0.717, 1.165) is 19.3 Å². The summed E-state index contributed by atoms with van der Waals surface area (Å²) in [4.78, 5) is 12.0. The molecule has 4 saturated carbocycles. The lowest BCUT2D eigenvalue weighted by molar-refractivity contribution is -0.213. The molecular weight excluding hydrogens is 295 g/mol. The molecular formula is C16H22F3NO2. The summed E-state index contributed by atoms with van der Waals surface area (Å²) in [7, 11) is 0. The fourth-order valence-corrected chi connectivity index (χ4v) is 5.80. The number of carbonyl (C=O) groups is 1. The summed E-state index contributed by atoms with van der Waals surface area (Å²) >= 11 is 0. The molecule has 1 unspecified atom stereocenters. The van der Waals surface area contributed by atoms with Gasteiger partial charge in [-0.2, -0.15) is 13.2 Å². The van der Waals surface area contributed by atoms with Crippen LogP contribution < -0.4 is 5.32 Å². The molecule has 1 heterocycles. The lowest BCUT2D eigenvalue weighted by Gasteiger charge is -2.59. The van der Waals surface area contributed by atoms with Gasteiger partial charge < -0.3 is 10.1 Å². The smallest absolute Gasteiger partial charge is 0.359 e. The number of epoxide rings is 1. The third-order valence-electron chi connectivity index (χ3n) is 6.28. The van der Waals surface area contributed by atoms with Gasteiger partial charge in [-0.3, -0.25) is 4.79 Å². The van der Waals surface area contributed by atoms with Gasteiger partial charge in [-0.25, -0.2) is 0 Å². The Morgan fingerprint density at radius 1 is 1.14 bits per heavy atom. The number of carbonyl (C=O) groups excluding carboxylic acids is 1. The van der Waals surface area contributed by atoms with Crippen molar-refractivity contribution in [2.24, 2.45) is 23.2 Å². The molecule has 0 aromatic heterocycles. The van der Waals surface area contributed by atoms with Gasteiger partial charge in [-0.05, 0) is 63.2 Å². The fraction of sp³-hybridized carbons (Fsp3) is 0.938. The largest absolute Gasteiger partial charge is 0.409 e. The van der Waals surface area contributed by atoms with Crippen LogP contribution in [-0.4, -0.2) is 30.3 Å². The Morgan fingerprint density at radius 3 is 1.95 bits per heavy atom. The molecule has 0 radical (unpaired) electrons. The molecule has 5 aliphatic rings. The second-order valence-electron chi connectivity index (χ2n) is 8.02. The van der Waals surface area contributed by atoms with Crippen molar-refractivity contribution in [3.8, 4) is 0 Å². The van der Waals surface area contributed by atoms with Crippen molar-refractivity contribution in [3.05, 3.63) is 0 Å². The van der Waals surface area contributed by atoms with Crippen molar-refractivity contribution in [1.82, 2.24) is 5.32 Å². The zero-order chi connectivity index (χ0) is 15.7. The molecule has 5 fully saturated rings. The molecule has 124 valence electrons. The van der Waals surface area contributed by atoms with Crippen LogP contribution in [0.4, 0.5) is 13.2 Å². The van der Waals surface area contributed by atoms with E-state index in [9.17, 15) is 18.0 Å². The normalized spacial score (nSPS) is 47.4. The summed E-state index contributed by atoms with van der Waals surface area (Å²) in [5, 5.41) is 2.32. The van der Waals surface area contributed by atoms with Gasteiger partial charge >= 0.3 is 6.18 Å². The lowest BCUT2D eigenvalue weighted by Crippen LogP contribution is -2.62. The Morgan fingerprint density at radius 2 is 1.59 bits per heavy atom. The first-order valence-electron chi connectivity index (χ1n) is 8.29. The molecule has 1 aliphatic heterocycles.